The Bertz CT molecular complexity index is 457. The van der Waals surface area contributed by atoms with Crippen LogP contribution in [0.1, 0.15) is 76.3 Å². The fourth-order valence-corrected chi connectivity index (χ4v) is 3.20. The smallest absolute Gasteiger partial charge is 0.293 e. The van der Waals surface area contributed by atoms with Crippen molar-refractivity contribution in [3.63, 3.8) is 0 Å². The molecule has 1 fully saturated rings. The first-order valence-corrected chi connectivity index (χ1v) is 9.33. The molecule has 0 bridgehead atoms. The van der Waals surface area contributed by atoms with E-state index in [1.165, 1.54) is 43.2 Å². The SMILES string of the molecule is CC(C)CCCCc1ccc(CCCCC2(OC=O)CC2)cc1. The number of rotatable bonds is 12. The summed E-state index contributed by atoms with van der Waals surface area (Å²) >= 11 is 0. The first-order valence-electron chi connectivity index (χ1n) is 9.33. The molecule has 0 unspecified atom stereocenters. The summed E-state index contributed by atoms with van der Waals surface area (Å²) in [5, 5.41) is 0. The summed E-state index contributed by atoms with van der Waals surface area (Å²) in [6, 6.07) is 9.16. The average Bonchev–Trinajstić information content (AvgIpc) is 3.30. The van der Waals surface area contributed by atoms with Crippen LogP contribution in [0.4, 0.5) is 0 Å². The Kier molecular flexibility index (Phi) is 7.14. The third-order valence-corrected chi connectivity index (χ3v) is 4.97. The van der Waals surface area contributed by atoms with Gasteiger partial charge in [0, 0.05) is 0 Å². The lowest BCUT2D eigenvalue weighted by atomic mass is 10.00. The lowest BCUT2D eigenvalue weighted by Crippen LogP contribution is -2.12. The van der Waals surface area contributed by atoms with Crippen molar-refractivity contribution in [2.45, 2.75) is 83.7 Å². The molecule has 0 atom stereocenters. The molecule has 0 aromatic heterocycles. The van der Waals surface area contributed by atoms with Gasteiger partial charge in [0.25, 0.3) is 6.47 Å². The van der Waals surface area contributed by atoms with Crippen molar-refractivity contribution in [1.82, 2.24) is 0 Å². The Morgan fingerprint density at radius 2 is 1.57 bits per heavy atom. The molecule has 1 aromatic rings. The molecule has 2 nitrogen and oxygen atoms in total. The van der Waals surface area contributed by atoms with Gasteiger partial charge < -0.3 is 4.74 Å². The number of hydrogen-bond acceptors (Lipinski definition) is 2. The van der Waals surface area contributed by atoms with E-state index in [4.69, 9.17) is 4.74 Å². The Balaban J connectivity index is 1.60. The fraction of sp³-hybridized carbons (Fsp3) is 0.667. The number of carbonyl (C=O) groups is 1. The first-order chi connectivity index (χ1) is 11.1. The third kappa shape index (κ3) is 6.76. The van der Waals surface area contributed by atoms with E-state index in [1.54, 1.807) is 0 Å². The van der Waals surface area contributed by atoms with Gasteiger partial charge in [-0.2, -0.15) is 0 Å². The molecule has 23 heavy (non-hydrogen) atoms. The van der Waals surface area contributed by atoms with Crippen LogP contribution in [-0.4, -0.2) is 12.1 Å². The lowest BCUT2D eigenvalue weighted by molar-refractivity contribution is -0.135. The van der Waals surface area contributed by atoms with Gasteiger partial charge in [-0.3, -0.25) is 4.79 Å². The predicted octanol–water partition coefficient (Wildman–Crippen LogP) is 5.47. The molecule has 0 spiro atoms. The van der Waals surface area contributed by atoms with Crippen LogP contribution in [0, 0.1) is 5.92 Å². The molecule has 1 aliphatic carbocycles. The predicted molar refractivity (Wildman–Crippen MR) is 95.5 cm³/mol. The van der Waals surface area contributed by atoms with Crippen LogP contribution in [0.5, 0.6) is 0 Å². The molecule has 1 saturated carbocycles. The average molecular weight is 316 g/mol. The van der Waals surface area contributed by atoms with Crippen molar-refractivity contribution >= 4 is 6.47 Å². The topological polar surface area (TPSA) is 26.3 Å². The van der Waals surface area contributed by atoms with Crippen molar-refractivity contribution in [2.24, 2.45) is 5.92 Å². The Morgan fingerprint density at radius 3 is 2.04 bits per heavy atom. The van der Waals surface area contributed by atoms with Crippen LogP contribution < -0.4 is 0 Å². The molecule has 0 saturated heterocycles. The number of aryl methyl sites for hydroxylation is 2. The maximum atomic E-state index is 10.5. The van der Waals surface area contributed by atoms with Gasteiger partial charge in [-0.15, -0.1) is 0 Å². The summed E-state index contributed by atoms with van der Waals surface area (Å²) in [4.78, 5) is 10.5. The minimum absolute atomic E-state index is 0.0818. The van der Waals surface area contributed by atoms with E-state index in [0.717, 1.165) is 38.0 Å². The normalized spacial score (nSPS) is 15.6. The summed E-state index contributed by atoms with van der Waals surface area (Å²) < 4.78 is 5.19. The zero-order chi connectivity index (χ0) is 16.5. The second-order valence-corrected chi connectivity index (χ2v) is 7.56. The molecule has 0 radical (unpaired) electrons. The van der Waals surface area contributed by atoms with E-state index in [0.29, 0.717) is 6.47 Å². The van der Waals surface area contributed by atoms with Crippen molar-refractivity contribution in [1.29, 1.82) is 0 Å². The van der Waals surface area contributed by atoms with Crippen molar-refractivity contribution < 1.29 is 9.53 Å². The Labute approximate surface area is 141 Å². The molecule has 1 aromatic carbocycles. The number of carbonyl (C=O) groups excluding carboxylic acids is 1. The summed E-state index contributed by atoms with van der Waals surface area (Å²) in [6.07, 6.45) is 11.8. The van der Waals surface area contributed by atoms with E-state index in [-0.39, 0.29) is 5.60 Å². The molecule has 0 N–H and O–H groups in total. The standard InChI is InChI=1S/C21H32O2/c1-18(2)7-3-4-8-19-10-12-20(13-11-19)9-5-6-14-21(15-16-21)23-17-22/h10-13,17-18H,3-9,14-16H2,1-2H3. The second kappa shape index (κ2) is 9.10. The van der Waals surface area contributed by atoms with Gasteiger partial charge in [0.05, 0.1) is 0 Å². The molecular formula is C21H32O2. The maximum absolute atomic E-state index is 10.5. The van der Waals surface area contributed by atoms with Gasteiger partial charge in [-0.1, -0.05) is 51.0 Å². The van der Waals surface area contributed by atoms with Crippen LogP contribution >= 0.6 is 0 Å². The summed E-state index contributed by atoms with van der Waals surface area (Å²) in [5.41, 5.74) is 2.81. The van der Waals surface area contributed by atoms with Gasteiger partial charge >= 0.3 is 0 Å². The van der Waals surface area contributed by atoms with Gasteiger partial charge in [0.1, 0.15) is 5.60 Å². The minimum atomic E-state index is -0.0818. The molecule has 0 amide bonds. The van der Waals surface area contributed by atoms with Crippen molar-refractivity contribution in [2.75, 3.05) is 0 Å². The lowest BCUT2D eigenvalue weighted by Gasteiger charge is -2.12. The summed E-state index contributed by atoms with van der Waals surface area (Å²) in [6.45, 7) is 5.21. The van der Waals surface area contributed by atoms with E-state index in [1.807, 2.05) is 0 Å². The van der Waals surface area contributed by atoms with Crippen molar-refractivity contribution in [3.05, 3.63) is 35.4 Å². The molecular weight excluding hydrogens is 284 g/mol. The summed E-state index contributed by atoms with van der Waals surface area (Å²) in [5.74, 6) is 0.823. The highest BCUT2D eigenvalue weighted by molar-refractivity contribution is 5.39. The van der Waals surface area contributed by atoms with E-state index >= 15 is 0 Å². The number of ether oxygens (including phenoxy) is 1. The van der Waals surface area contributed by atoms with Crippen molar-refractivity contribution in [3.8, 4) is 0 Å². The third-order valence-electron chi connectivity index (χ3n) is 4.97. The molecule has 2 rings (SSSR count). The monoisotopic (exact) mass is 316 g/mol. The molecule has 0 aliphatic heterocycles. The molecule has 1 aliphatic rings. The van der Waals surface area contributed by atoms with Gasteiger partial charge in [-0.25, -0.2) is 0 Å². The van der Waals surface area contributed by atoms with E-state index in [2.05, 4.69) is 38.1 Å². The first kappa shape index (κ1) is 18.0. The van der Waals surface area contributed by atoms with Gasteiger partial charge in [0.2, 0.25) is 0 Å². The quantitative estimate of drug-likeness (QED) is 0.377. The second-order valence-electron chi connectivity index (χ2n) is 7.56. The number of unbranched alkanes of at least 4 members (excludes halogenated alkanes) is 2. The van der Waals surface area contributed by atoms with Crippen LogP contribution in [0.25, 0.3) is 0 Å². The van der Waals surface area contributed by atoms with E-state index in [9.17, 15) is 4.79 Å². The maximum Gasteiger partial charge on any atom is 0.293 e. The van der Waals surface area contributed by atoms with E-state index < -0.39 is 0 Å². The molecule has 2 heteroatoms. The Morgan fingerprint density at radius 1 is 1.00 bits per heavy atom. The molecule has 128 valence electrons. The number of benzene rings is 1. The number of hydrogen-bond donors (Lipinski definition) is 0. The van der Waals surface area contributed by atoms with Crippen LogP contribution in [0.2, 0.25) is 0 Å². The van der Waals surface area contributed by atoms with Gasteiger partial charge in [-0.05, 0) is 68.4 Å². The highest BCUT2D eigenvalue weighted by Crippen LogP contribution is 2.43. The fourth-order valence-electron chi connectivity index (χ4n) is 3.20. The highest BCUT2D eigenvalue weighted by atomic mass is 16.5. The zero-order valence-electron chi connectivity index (χ0n) is 14.9. The highest BCUT2D eigenvalue weighted by Gasteiger charge is 2.44. The van der Waals surface area contributed by atoms with Crippen LogP contribution in [0.15, 0.2) is 24.3 Å². The van der Waals surface area contributed by atoms with Gasteiger partial charge in [0.15, 0.2) is 0 Å². The largest absolute Gasteiger partial charge is 0.461 e. The summed E-state index contributed by atoms with van der Waals surface area (Å²) in [7, 11) is 0. The Hall–Kier alpha value is -1.31. The minimum Gasteiger partial charge on any atom is -0.461 e. The zero-order valence-corrected chi connectivity index (χ0v) is 14.9. The van der Waals surface area contributed by atoms with Crippen LogP contribution in [0.3, 0.4) is 0 Å². The van der Waals surface area contributed by atoms with Crippen LogP contribution in [-0.2, 0) is 22.4 Å². The molecule has 0 heterocycles.